The average molecular weight is 396 g/mol. The Morgan fingerprint density at radius 2 is 2.14 bits per heavy atom. The Bertz CT molecular complexity index is 839. The Kier molecular flexibility index (Phi) is 4.47. The van der Waals surface area contributed by atoms with Gasteiger partial charge in [0.1, 0.15) is 5.15 Å². The van der Waals surface area contributed by atoms with Crippen molar-refractivity contribution in [3.05, 3.63) is 57.8 Å². The van der Waals surface area contributed by atoms with Gasteiger partial charge in [-0.15, -0.1) is 0 Å². The van der Waals surface area contributed by atoms with Gasteiger partial charge in [0.2, 0.25) is 5.13 Å². The number of rotatable bonds is 3. The van der Waals surface area contributed by atoms with Crippen molar-refractivity contribution in [2.45, 2.75) is 0 Å². The van der Waals surface area contributed by atoms with Gasteiger partial charge in [0, 0.05) is 27.8 Å². The van der Waals surface area contributed by atoms with Crippen molar-refractivity contribution in [1.82, 2.24) is 14.3 Å². The third-order valence-electron chi connectivity index (χ3n) is 2.73. The molecule has 5 nitrogen and oxygen atoms in total. The predicted octanol–water partition coefficient (Wildman–Crippen LogP) is 4.27. The first-order valence-corrected chi connectivity index (χ1v) is 8.09. The van der Waals surface area contributed by atoms with Crippen LogP contribution in [-0.4, -0.2) is 20.2 Å². The lowest BCUT2D eigenvalue weighted by Crippen LogP contribution is -2.11. The molecule has 1 aromatic carbocycles. The molecular weight excluding hydrogens is 388 g/mol. The van der Waals surface area contributed by atoms with Crippen LogP contribution in [0.5, 0.6) is 0 Å². The van der Waals surface area contributed by atoms with E-state index in [1.54, 1.807) is 36.5 Å². The van der Waals surface area contributed by atoms with Gasteiger partial charge in [0.15, 0.2) is 5.82 Å². The van der Waals surface area contributed by atoms with Gasteiger partial charge in [-0.3, -0.25) is 10.1 Å². The van der Waals surface area contributed by atoms with Crippen LogP contribution in [0.2, 0.25) is 5.15 Å². The number of nitrogens with zero attached hydrogens (tertiary/aromatic N) is 3. The molecule has 0 aliphatic rings. The second-order valence-corrected chi connectivity index (χ2v) is 6.25. The van der Waals surface area contributed by atoms with E-state index >= 15 is 0 Å². The summed E-state index contributed by atoms with van der Waals surface area (Å²) in [7, 11) is 0. The number of pyridine rings is 1. The molecule has 2 aromatic heterocycles. The molecule has 22 heavy (non-hydrogen) atoms. The zero-order valence-electron chi connectivity index (χ0n) is 11.0. The number of anilines is 1. The predicted molar refractivity (Wildman–Crippen MR) is 90.2 cm³/mol. The normalized spacial score (nSPS) is 10.5. The fourth-order valence-corrected chi connectivity index (χ4v) is 2.92. The number of nitrogens with one attached hydrogen (secondary N) is 1. The van der Waals surface area contributed by atoms with E-state index in [1.165, 1.54) is 0 Å². The number of carbonyl (C=O) groups excluding carboxylic acids is 1. The molecule has 0 atom stereocenters. The molecule has 3 rings (SSSR count). The molecule has 0 spiro atoms. The second kappa shape index (κ2) is 6.51. The van der Waals surface area contributed by atoms with Gasteiger partial charge in [-0.1, -0.05) is 33.6 Å². The van der Waals surface area contributed by atoms with Gasteiger partial charge in [-0.05, 0) is 30.3 Å². The van der Waals surface area contributed by atoms with Gasteiger partial charge < -0.3 is 0 Å². The van der Waals surface area contributed by atoms with Gasteiger partial charge in [0.25, 0.3) is 5.91 Å². The minimum atomic E-state index is -0.249. The van der Waals surface area contributed by atoms with E-state index in [9.17, 15) is 4.79 Å². The number of amides is 1. The molecule has 0 bridgehead atoms. The van der Waals surface area contributed by atoms with E-state index in [2.05, 4.69) is 35.6 Å². The molecule has 2 heterocycles. The Balaban J connectivity index is 1.80. The quantitative estimate of drug-likeness (QED) is 0.673. The number of hydrogen-bond acceptors (Lipinski definition) is 5. The SMILES string of the molecule is O=C(Nc1nc(-c2cccnc2Cl)ns1)c1cccc(Br)c1. The van der Waals surface area contributed by atoms with Crippen LogP contribution in [0, 0.1) is 0 Å². The number of hydrogen-bond donors (Lipinski definition) is 1. The van der Waals surface area contributed by atoms with Crippen molar-refractivity contribution in [3.63, 3.8) is 0 Å². The van der Waals surface area contributed by atoms with Crippen LogP contribution in [-0.2, 0) is 0 Å². The van der Waals surface area contributed by atoms with Crippen LogP contribution in [0.3, 0.4) is 0 Å². The number of carbonyl (C=O) groups is 1. The van der Waals surface area contributed by atoms with E-state index in [1.807, 2.05) is 6.07 Å². The van der Waals surface area contributed by atoms with E-state index in [-0.39, 0.29) is 5.91 Å². The third-order valence-corrected chi connectivity index (χ3v) is 4.16. The summed E-state index contributed by atoms with van der Waals surface area (Å²) in [6.45, 7) is 0. The second-order valence-electron chi connectivity index (χ2n) is 4.23. The van der Waals surface area contributed by atoms with Gasteiger partial charge in [0.05, 0.1) is 5.56 Å². The zero-order chi connectivity index (χ0) is 15.5. The van der Waals surface area contributed by atoms with Crippen LogP contribution in [0.25, 0.3) is 11.4 Å². The molecule has 3 aromatic rings. The van der Waals surface area contributed by atoms with Gasteiger partial charge in [-0.25, -0.2) is 4.98 Å². The van der Waals surface area contributed by atoms with Gasteiger partial charge >= 0.3 is 0 Å². The van der Waals surface area contributed by atoms with Crippen LogP contribution >= 0.6 is 39.1 Å². The Labute approximate surface area is 143 Å². The van der Waals surface area contributed by atoms with Crippen molar-refractivity contribution < 1.29 is 4.79 Å². The van der Waals surface area contributed by atoms with Crippen LogP contribution in [0.4, 0.5) is 5.13 Å². The summed E-state index contributed by atoms with van der Waals surface area (Å²) in [5.41, 5.74) is 1.16. The summed E-state index contributed by atoms with van der Waals surface area (Å²) in [6.07, 6.45) is 1.59. The number of aromatic nitrogens is 3. The maximum absolute atomic E-state index is 12.1. The first-order chi connectivity index (χ1) is 10.6. The molecule has 1 N–H and O–H groups in total. The maximum atomic E-state index is 12.1. The Morgan fingerprint density at radius 3 is 2.91 bits per heavy atom. The van der Waals surface area contributed by atoms with Crippen molar-refractivity contribution in [2.75, 3.05) is 5.32 Å². The van der Waals surface area contributed by atoms with Gasteiger partial charge in [-0.2, -0.15) is 9.36 Å². The largest absolute Gasteiger partial charge is 0.297 e. The summed E-state index contributed by atoms with van der Waals surface area (Å²) in [4.78, 5) is 20.4. The molecule has 0 aliphatic heterocycles. The minimum absolute atomic E-state index is 0.249. The van der Waals surface area contributed by atoms with Crippen molar-refractivity contribution >= 4 is 50.1 Å². The van der Waals surface area contributed by atoms with Crippen molar-refractivity contribution in [2.24, 2.45) is 0 Å². The van der Waals surface area contributed by atoms with Crippen molar-refractivity contribution in [3.8, 4) is 11.4 Å². The summed E-state index contributed by atoms with van der Waals surface area (Å²) in [6, 6.07) is 10.6. The Hall–Kier alpha value is -1.83. The fraction of sp³-hybridized carbons (Fsp3) is 0. The summed E-state index contributed by atoms with van der Waals surface area (Å²) < 4.78 is 5.03. The molecule has 0 fully saturated rings. The molecular formula is C14H8BrClN4OS. The topological polar surface area (TPSA) is 67.8 Å². The van der Waals surface area contributed by atoms with E-state index in [4.69, 9.17) is 11.6 Å². The molecule has 0 unspecified atom stereocenters. The fourth-order valence-electron chi connectivity index (χ4n) is 1.74. The van der Waals surface area contributed by atoms with E-state index in [0.29, 0.717) is 27.2 Å². The first kappa shape index (κ1) is 15.1. The minimum Gasteiger partial charge on any atom is -0.297 e. The van der Waals surface area contributed by atoms with E-state index < -0.39 is 0 Å². The molecule has 8 heteroatoms. The zero-order valence-corrected chi connectivity index (χ0v) is 14.1. The highest BCUT2D eigenvalue weighted by molar-refractivity contribution is 9.10. The lowest BCUT2D eigenvalue weighted by atomic mass is 10.2. The molecule has 1 amide bonds. The number of benzene rings is 1. The molecule has 0 aliphatic carbocycles. The van der Waals surface area contributed by atoms with Crippen LogP contribution in [0.1, 0.15) is 10.4 Å². The summed E-state index contributed by atoms with van der Waals surface area (Å²) in [5, 5.41) is 3.44. The molecule has 0 saturated heterocycles. The standard InChI is InChI=1S/C14H8BrClN4OS/c15-9-4-1-3-8(7-9)13(21)19-14-18-12(20-22-14)10-5-2-6-17-11(10)16/h1-7H,(H,18,19,20,21). The molecule has 0 radical (unpaired) electrons. The van der Waals surface area contributed by atoms with Crippen LogP contribution in [0.15, 0.2) is 47.1 Å². The highest BCUT2D eigenvalue weighted by Gasteiger charge is 2.13. The Morgan fingerprint density at radius 1 is 1.27 bits per heavy atom. The highest BCUT2D eigenvalue weighted by Crippen LogP contribution is 2.26. The lowest BCUT2D eigenvalue weighted by molar-refractivity contribution is 0.102. The lowest BCUT2D eigenvalue weighted by Gasteiger charge is -2.01. The monoisotopic (exact) mass is 394 g/mol. The van der Waals surface area contributed by atoms with E-state index in [0.717, 1.165) is 16.0 Å². The highest BCUT2D eigenvalue weighted by atomic mass is 79.9. The number of halogens is 2. The smallest absolute Gasteiger partial charge is 0.257 e. The average Bonchev–Trinajstić information content (AvgIpc) is 2.96. The van der Waals surface area contributed by atoms with Crippen LogP contribution < -0.4 is 5.32 Å². The summed E-state index contributed by atoms with van der Waals surface area (Å²) >= 11 is 10.4. The first-order valence-electron chi connectivity index (χ1n) is 6.15. The summed E-state index contributed by atoms with van der Waals surface area (Å²) in [5.74, 6) is 0.189. The third kappa shape index (κ3) is 3.32. The molecule has 110 valence electrons. The maximum Gasteiger partial charge on any atom is 0.257 e. The van der Waals surface area contributed by atoms with Crippen molar-refractivity contribution in [1.29, 1.82) is 0 Å². The molecule has 0 saturated carbocycles.